The lowest BCUT2D eigenvalue weighted by molar-refractivity contribution is 0.0697. The van der Waals surface area contributed by atoms with Crippen molar-refractivity contribution in [2.45, 2.75) is 26.3 Å². The molecule has 0 spiro atoms. The summed E-state index contributed by atoms with van der Waals surface area (Å²) in [4.78, 5) is 11.2. The molecule has 1 aromatic carbocycles. The summed E-state index contributed by atoms with van der Waals surface area (Å²) in [6.07, 6.45) is 3.47. The minimum absolute atomic E-state index is 0.261. The van der Waals surface area contributed by atoms with E-state index in [1.54, 1.807) is 4.68 Å². The highest BCUT2D eigenvalue weighted by atomic mass is 16.4. The van der Waals surface area contributed by atoms with Crippen molar-refractivity contribution in [3.63, 3.8) is 0 Å². The fourth-order valence-electron chi connectivity index (χ4n) is 1.92. The largest absolute Gasteiger partial charge is 0.478 e. The van der Waals surface area contributed by atoms with Crippen LogP contribution in [0.25, 0.3) is 11.3 Å². The van der Waals surface area contributed by atoms with Crippen LogP contribution in [-0.4, -0.2) is 20.9 Å². The Kier molecular flexibility index (Phi) is 3.77. The average molecular weight is 244 g/mol. The number of aromatic nitrogens is 2. The fraction of sp³-hybridized carbons (Fsp3) is 0.286. The van der Waals surface area contributed by atoms with Gasteiger partial charge in [0.15, 0.2) is 0 Å². The third-order valence-electron chi connectivity index (χ3n) is 2.84. The lowest BCUT2D eigenvalue weighted by atomic mass is 10.1. The standard InChI is InChI=1S/C14H16N2O2/c1-2-3-9-16-13(11-7-5-4-6-8-11)12(10-15-16)14(17)18/h4-8,10H,2-3,9H2,1H3,(H,17,18). The van der Waals surface area contributed by atoms with Gasteiger partial charge in [-0.2, -0.15) is 5.10 Å². The Balaban J connectivity index is 2.47. The van der Waals surface area contributed by atoms with Crippen molar-refractivity contribution in [3.8, 4) is 11.3 Å². The Morgan fingerprint density at radius 1 is 1.33 bits per heavy atom. The van der Waals surface area contributed by atoms with E-state index in [-0.39, 0.29) is 5.56 Å². The van der Waals surface area contributed by atoms with Gasteiger partial charge in [0.2, 0.25) is 0 Å². The van der Waals surface area contributed by atoms with E-state index in [1.807, 2.05) is 30.3 Å². The van der Waals surface area contributed by atoms with Crippen molar-refractivity contribution in [3.05, 3.63) is 42.1 Å². The summed E-state index contributed by atoms with van der Waals surface area (Å²) < 4.78 is 1.78. The normalized spacial score (nSPS) is 10.5. The maximum Gasteiger partial charge on any atom is 0.339 e. The Bertz CT molecular complexity index is 532. The van der Waals surface area contributed by atoms with Crippen molar-refractivity contribution < 1.29 is 9.90 Å². The number of carboxylic acid groups (broad SMARTS) is 1. The van der Waals surface area contributed by atoms with Crippen LogP contribution < -0.4 is 0 Å². The van der Waals surface area contributed by atoms with Crippen LogP contribution in [0.3, 0.4) is 0 Å². The van der Waals surface area contributed by atoms with Crippen molar-refractivity contribution in [2.24, 2.45) is 0 Å². The van der Waals surface area contributed by atoms with Gasteiger partial charge >= 0.3 is 5.97 Å². The van der Waals surface area contributed by atoms with Crippen LogP contribution in [0.5, 0.6) is 0 Å². The number of rotatable bonds is 5. The molecule has 1 aromatic heterocycles. The van der Waals surface area contributed by atoms with Crippen LogP contribution in [0, 0.1) is 0 Å². The summed E-state index contributed by atoms with van der Waals surface area (Å²) >= 11 is 0. The second-order valence-corrected chi connectivity index (χ2v) is 4.15. The molecule has 2 aromatic rings. The molecule has 0 unspecified atom stereocenters. The maximum absolute atomic E-state index is 11.2. The topological polar surface area (TPSA) is 55.1 Å². The van der Waals surface area contributed by atoms with Gasteiger partial charge in [-0.05, 0) is 6.42 Å². The average Bonchev–Trinajstić information content (AvgIpc) is 2.81. The highest BCUT2D eigenvalue weighted by Crippen LogP contribution is 2.24. The molecule has 0 radical (unpaired) electrons. The van der Waals surface area contributed by atoms with E-state index in [4.69, 9.17) is 0 Å². The number of carboxylic acids is 1. The number of carbonyl (C=O) groups is 1. The molecule has 0 aliphatic carbocycles. The van der Waals surface area contributed by atoms with E-state index in [2.05, 4.69) is 12.0 Å². The molecule has 2 rings (SSSR count). The Labute approximate surface area is 106 Å². The number of aromatic carboxylic acids is 1. The quantitative estimate of drug-likeness (QED) is 0.879. The van der Waals surface area contributed by atoms with E-state index in [0.717, 1.165) is 24.9 Å². The van der Waals surface area contributed by atoms with E-state index < -0.39 is 5.97 Å². The van der Waals surface area contributed by atoms with Gasteiger partial charge in [-0.3, -0.25) is 4.68 Å². The van der Waals surface area contributed by atoms with E-state index >= 15 is 0 Å². The van der Waals surface area contributed by atoms with Gasteiger partial charge in [0.1, 0.15) is 5.56 Å². The molecule has 1 heterocycles. The predicted octanol–water partition coefficient (Wildman–Crippen LogP) is 3.05. The van der Waals surface area contributed by atoms with E-state index in [1.165, 1.54) is 6.20 Å². The monoisotopic (exact) mass is 244 g/mol. The summed E-state index contributed by atoms with van der Waals surface area (Å²) in [6, 6.07) is 9.53. The van der Waals surface area contributed by atoms with Crippen LogP contribution in [0.15, 0.2) is 36.5 Å². The number of aryl methyl sites for hydroxylation is 1. The number of nitrogens with zero attached hydrogens (tertiary/aromatic N) is 2. The molecule has 0 fully saturated rings. The Morgan fingerprint density at radius 2 is 2.06 bits per heavy atom. The van der Waals surface area contributed by atoms with Gasteiger partial charge in [-0.15, -0.1) is 0 Å². The van der Waals surface area contributed by atoms with Crippen molar-refractivity contribution in [2.75, 3.05) is 0 Å². The Hall–Kier alpha value is -2.10. The molecule has 4 nitrogen and oxygen atoms in total. The SMILES string of the molecule is CCCCn1ncc(C(=O)O)c1-c1ccccc1. The van der Waals surface area contributed by atoms with Gasteiger partial charge in [-0.25, -0.2) is 4.79 Å². The predicted molar refractivity (Wildman–Crippen MR) is 69.5 cm³/mol. The first-order valence-electron chi connectivity index (χ1n) is 6.08. The third kappa shape index (κ3) is 2.42. The summed E-state index contributed by atoms with van der Waals surface area (Å²) in [5.74, 6) is -0.934. The van der Waals surface area contributed by atoms with Gasteiger partial charge in [0, 0.05) is 12.1 Å². The Morgan fingerprint density at radius 3 is 2.67 bits per heavy atom. The molecule has 0 aliphatic rings. The summed E-state index contributed by atoms with van der Waals surface area (Å²) in [5.41, 5.74) is 1.84. The molecule has 0 saturated heterocycles. The number of unbranched alkanes of at least 4 members (excludes halogenated alkanes) is 1. The fourth-order valence-corrected chi connectivity index (χ4v) is 1.92. The molecule has 0 bridgehead atoms. The van der Waals surface area contributed by atoms with E-state index in [9.17, 15) is 9.90 Å². The first kappa shape index (κ1) is 12.4. The molecule has 0 amide bonds. The van der Waals surface area contributed by atoms with Gasteiger partial charge < -0.3 is 5.11 Å². The first-order valence-corrected chi connectivity index (χ1v) is 6.08. The molecule has 18 heavy (non-hydrogen) atoms. The molecule has 0 atom stereocenters. The van der Waals surface area contributed by atoms with Gasteiger partial charge in [0.05, 0.1) is 11.9 Å². The first-order chi connectivity index (χ1) is 8.74. The zero-order chi connectivity index (χ0) is 13.0. The van der Waals surface area contributed by atoms with E-state index in [0.29, 0.717) is 5.69 Å². The molecule has 94 valence electrons. The molecule has 4 heteroatoms. The van der Waals surface area contributed by atoms with Crippen LogP contribution in [0.4, 0.5) is 0 Å². The second-order valence-electron chi connectivity index (χ2n) is 4.15. The second kappa shape index (κ2) is 5.49. The minimum atomic E-state index is -0.934. The van der Waals surface area contributed by atoms with Crippen LogP contribution >= 0.6 is 0 Å². The van der Waals surface area contributed by atoms with Crippen molar-refractivity contribution >= 4 is 5.97 Å². The lowest BCUT2D eigenvalue weighted by Crippen LogP contribution is -2.04. The smallest absolute Gasteiger partial charge is 0.339 e. The number of hydrogen-bond donors (Lipinski definition) is 1. The molecule has 1 N–H and O–H groups in total. The van der Waals surface area contributed by atoms with Crippen molar-refractivity contribution in [1.29, 1.82) is 0 Å². The minimum Gasteiger partial charge on any atom is -0.478 e. The highest BCUT2D eigenvalue weighted by molar-refractivity contribution is 5.94. The highest BCUT2D eigenvalue weighted by Gasteiger charge is 2.17. The third-order valence-corrected chi connectivity index (χ3v) is 2.84. The van der Waals surface area contributed by atoms with Crippen LogP contribution in [0.1, 0.15) is 30.1 Å². The van der Waals surface area contributed by atoms with Crippen LogP contribution in [-0.2, 0) is 6.54 Å². The molecule has 0 aliphatic heterocycles. The van der Waals surface area contributed by atoms with Crippen molar-refractivity contribution in [1.82, 2.24) is 9.78 Å². The van der Waals surface area contributed by atoms with Gasteiger partial charge in [-0.1, -0.05) is 43.7 Å². The number of hydrogen-bond acceptors (Lipinski definition) is 2. The number of benzene rings is 1. The van der Waals surface area contributed by atoms with Crippen LogP contribution in [0.2, 0.25) is 0 Å². The molecular formula is C14H16N2O2. The lowest BCUT2D eigenvalue weighted by Gasteiger charge is -2.08. The summed E-state index contributed by atoms with van der Waals surface area (Å²) in [7, 11) is 0. The zero-order valence-electron chi connectivity index (χ0n) is 10.3. The summed E-state index contributed by atoms with van der Waals surface area (Å²) in [5, 5.41) is 13.4. The molecular weight excluding hydrogens is 228 g/mol. The maximum atomic E-state index is 11.2. The summed E-state index contributed by atoms with van der Waals surface area (Å²) in [6.45, 7) is 2.85. The zero-order valence-corrected chi connectivity index (χ0v) is 10.3. The van der Waals surface area contributed by atoms with Gasteiger partial charge in [0.25, 0.3) is 0 Å². The molecule has 0 saturated carbocycles.